The third kappa shape index (κ3) is 6.74. The molecule has 0 radical (unpaired) electrons. The van der Waals surface area contributed by atoms with Crippen LogP contribution in [0, 0.1) is 0 Å². The van der Waals surface area contributed by atoms with Gasteiger partial charge in [0.1, 0.15) is 5.69 Å². The van der Waals surface area contributed by atoms with E-state index in [1.165, 1.54) is 19.2 Å². The van der Waals surface area contributed by atoms with Crippen molar-refractivity contribution in [1.29, 1.82) is 0 Å². The van der Waals surface area contributed by atoms with Gasteiger partial charge < -0.3 is 10.1 Å². The highest BCUT2D eigenvalue weighted by Crippen LogP contribution is 2.02. The van der Waals surface area contributed by atoms with Gasteiger partial charge in [0.05, 0.1) is 17.9 Å². The lowest BCUT2D eigenvalue weighted by Crippen LogP contribution is -2.32. The average Bonchev–Trinajstić information content (AvgIpc) is 2.53. The van der Waals surface area contributed by atoms with E-state index in [4.69, 9.17) is 4.74 Å². The van der Waals surface area contributed by atoms with Gasteiger partial charge in [0.15, 0.2) is 0 Å². The zero-order chi connectivity index (χ0) is 17.3. The largest absolute Gasteiger partial charge is 0.383 e. The molecule has 2 amide bonds. The van der Waals surface area contributed by atoms with E-state index in [-0.39, 0.29) is 17.0 Å². The second-order valence-electron chi connectivity index (χ2n) is 4.78. The summed E-state index contributed by atoms with van der Waals surface area (Å²) in [4.78, 5) is 27.5. The average molecular weight is 343 g/mol. The number of nitrogens with one attached hydrogen (secondary N) is 2. The van der Waals surface area contributed by atoms with Crippen LogP contribution in [0.25, 0.3) is 0 Å². The second kappa shape index (κ2) is 9.21. The molecule has 0 aromatic carbocycles. The Balaban J connectivity index is 2.65. The number of pyridine rings is 1. The molecule has 0 spiro atoms. The van der Waals surface area contributed by atoms with Crippen LogP contribution in [0.2, 0.25) is 0 Å². The minimum atomic E-state index is -3.65. The number of hydrogen-bond acceptors (Lipinski definition) is 6. The fourth-order valence-electron chi connectivity index (χ4n) is 1.61. The third-order valence-electron chi connectivity index (χ3n) is 2.86. The van der Waals surface area contributed by atoms with Crippen molar-refractivity contribution in [2.45, 2.75) is 19.8 Å². The van der Waals surface area contributed by atoms with Crippen LogP contribution >= 0.6 is 0 Å². The van der Waals surface area contributed by atoms with Crippen molar-refractivity contribution < 1.29 is 22.7 Å². The van der Waals surface area contributed by atoms with Crippen LogP contribution in [-0.4, -0.2) is 51.2 Å². The summed E-state index contributed by atoms with van der Waals surface area (Å²) in [7, 11) is -2.13. The molecule has 0 bridgehead atoms. The quantitative estimate of drug-likeness (QED) is 0.624. The van der Waals surface area contributed by atoms with Crippen LogP contribution in [0.3, 0.4) is 0 Å². The van der Waals surface area contributed by atoms with E-state index in [2.05, 4.69) is 10.3 Å². The number of nitrogens with zero attached hydrogens (tertiary/aromatic N) is 1. The zero-order valence-electron chi connectivity index (χ0n) is 13.2. The smallest absolute Gasteiger partial charge is 0.269 e. The molecular weight excluding hydrogens is 322 g/mol. The summed E-state index contributed by atoms with van der Waals surface area (Å²) >= 11 is 0. The number of hydrogen-bond donors (Lipinski definition) is 2. The van der Waals surface area contributed by atoms with Gasteiger partial charge in [-0.05, 0) is 18.6 Å². The third-order valence-corrected chi connectivity index (χ3v) is 4.19. The molecule has 9 heteroatoms. The fourth-order valence-corrected chi connectivity index (χ4v) is 2.78. The van der Waals surface area contributed by atoms with Gasteiger partial charge in [0.2, 0.25) is 10.0 Å². The molecule has 0 fully saturated rings. The van der Waals surface area contributed by atoms with Crippen LogP contribution in [-0.2, 0) is 14.8 Å². The molecule has 1 aromatic rings. The Morgan fingerprint density at radius 2 is 2.00 bits per heavy atom. The molecule has 0 unspecified atom stereocenters. The van der Waals surface area contributed by atoms with E-state index >= 15 is 0 Å². The van der Waals surface area contributed by atoms with Crippen LogP contribution in [0.5, 0.6) is 0 Å². The number of sulfonamides is 1. The maximum atomic E-state index is 11.9. The zero-order valence-corrected chi connectivity index (χ0v) is 14.0. The molecule has 0 aliphatic rings. The van der Waals surface area contributed by atoms with Crippen molar-refractivity contribution in [3.05, 3.63) is 29.6 Å². The Bertz CT molecular complexity index is 628. The van der Waals surface area contributed by atoms with Crippen LogP contribution in [0.1, 0.15) is 40.6 Å². The summed E-state index contributed by atoms with van der Waals surface area (Å²) in [6.45, 7) is 2.58. The molecule has 1 heterocycles. The summed E-state index contributed by atoms with van der Waals surface area (Å²) in [6, 6.07) is 2.71. The first-order valence-corrected chi connectivity index (χ1v) is 8.83. The Hall–Kier alpha value is -2.00. The molecule has 0 saturated carbocycles. The second-order valence-corrected chi connectivity index (χ2v) is 6.63. The molecule has 2 N–H and O–H groups in total. The summed E-state index contributed by atoms with van der Waals surface area (Å²) in [6.07, 6.45) is 2.35. The molecular formula is C14H21N3O5S. The highest BCUT2D eigenvalue weighted by molar-refractivity contribution is 7.90. The van der Waals surface area contributed by atoms with Crippen LogP contribution in [0.15, 0.2) is 18.3 Å². The number of ether oxygens (including phenoxy) is 1. The minimum Gasteiger partial charge on any atom is -0.383 e. The monoisotopic (exact) mass is 343 g/mol. The van der Waals surface area contributed by atoms with Gasteiger partial charge in [-0.2, -0.15) is 0 Å². The maximum absolute atomic E-state index is 11.9. The predicted molar refractivity (Wildman–Crippen MR) is 84.6 cm³/mol. The number of unbranched alkanes of at least 4 members (excludes halogenated alkanes) is 1. The van der Waals surface area contributed by atoms with E-state index in [9.17, 15) is 18.0 Å². The SMILES string of the molecule is CCCCS(=O)(=O)NC(=O)c1ccc(C(=O)NCCOC)nc1. The molecule has 0 aliphatic heterocycles. The predicted octanol–water partition coefficient (Wildman–Crippen LogP) is 0.318. The first-order valence-electron chi connectivity index (χ1n) is 7.17. The van der Waals surface area contributed by atoms with E-state index in [0.29, 0.717) is 26.0 Å². The summed E-state index contributed by atoms with van der Waals surface area (Å²) in [5, 5.41) is 2.59. The van der Waals surface area contributed by atoms with E-state index in [1.807, 2.05) is 11.6 Å². The van der Waals surface area contributed by atoms with Crippen molar-refractivity contribution in [2.75, 3.05) is 26.0 Å². The lowest BCUT2D eigenvalue weighted by atomic mass is 10.2. The van der Waals surface area contributed by atoms with Crippen molar-refractivity contribution >= 4 is 21.8 Å². The van der Waals surface area contributed by atoms with Crippen LogP contribution in [0.4, 0.5) is 0 Å². The van der Waals surface area contributed by atoms with Crippen molar-refractivity contribution in [2.24, 2.45) is 0 Å². The van der Waals surface area contributed by atoms with Gasteiger partial charge in [-0.25, -0.2) is 13.1 Å². The molecule has 8 nitrogen and oxygen atoms in total. The van der Waals surface area contributed by atoms with Gasteiger partial charge in [-0.15, -0.1) is 0 Å². The van der Waals surface area contributed by atoms with Gasteiger partial charge in [0, 0.05) is 19.9 Å². The number of rotatable bonds is 9. The van der Waals surface area contributed by atoms with Gasteiger partial charge in [0.25, 0.3) is 11.8 Å². The van der Waals surface area contributed by atoms with Gasteiger partial charge in [-0.3, -0.25) is 14.6 Å². The minimum absolute atomic E-state index is 0.0681. The lowest BCUT2D eigenvalue weighted by Gasteiger charge is -2.07. The molecule has 0 aliphatic carbocycles. The fraction of sp³-hybridized carbons (Fsp3) is 0.500. The van der Waals surface area contributed by atoms with Gasteiger partial charge in [-0.1, -0.05) is 13.3 Å². The van der Waals surface area contributed by atoms with Gasteiger partial charge >= 0.3 is 0 Å². The summed E-state index contributed by atoms with van der Waals surface area (Å²) in [5.74, 6) is -1.27. The Morgan fingerprint density at radius 3 is 2.57 bits per heavy atom. The van der Waals surface area contributed by atoms with E-state index < -0.39 is 21.8 Å². The number of methoxy groups -OCH3 is 1. The Morgan fingerprint density at radius 1 is 1.26 bits per heavy atom. The highest BCUT2D eigenvalue weighted by atomic mass is 32.2. The topological polar surface area (TPSA) is 114 Å². The van der Waals surface area contributed by atoms with Crippen LogP contribution < -0.4 is 10.0 Å². The number of amides is 2. The number of carbonyl (C=O) groups is 2. The molecule has 0 saturated heterocycles. The van der Waals surface area contributed by atoms with E-state index in [1.54, 1.807) is 0 Å². The van der Waals surface area contributed by atoms with Crippen molar-refractivity contribution in [3.63, 3.8) is 0 Å². The Labute approximate surface area is 135 Å². The maximum Gasteiger partial charge on any atom is 0.269 e. The lowest BCUT2D eigenvalue weighted by molar-refractivity contribution is 0.0929. The van der Waals surface area contributed by atoms with Crippen molar-refractivity contribution in [1.82, 2.24) is 15.0 Å². The van der Waals surface area contributed by atoms with E-state index in [0.717, 1.165) is 6.20 Å². The molecule has 0 atom stereocenters. The number of aromatic nitrogens is 1. The van der Waals surface area contributed by atoms with Crippen molar-refractivity contribution in [3.8, 4) is 0 Å². The summed E-state index contributed by atoms with van der Waals surface area (Å²) in [5.41, 5.74) is 0.199. The Kier molecular flexibility index (Phi) is 7.63. The molecule has 1 aromatic heterocycles. The molecule has 1 rings (SSSR count). The molecule has 128 valence electrons. The number of carbonyl (C=O) groups excluding carboxylic acids is 2. The normalized spacial score (nSPS) is 11.0. The standard InChI is InChI=1S/C14H21N3O5S/c1-3-4-9-23(20,21)17-13(18)11-5-6-12(16-10-11)14(19)15-7-8-22-2/h5-6,10H,3-4,7-9H2,1-2H3,(H,15,19)(H,17,18). The highest BCUT2D eigenvalue weighted by Gasteiger charge is 2.16. The summed E-state index contributed by atoms with van der Waals surface area (Å²) < 4.78 is 30.1. The first-order chi connectivity index (χ1) is 10.9. The molecule has 23 heavy (non-hydrogen) atoms. The first kappa shape index (κ1) is 19.0.